The smallest absolute Gasteiger partial charge is 0.416 e. The molecule has 0 spiro atoms. The van der Waals surface area contributed by atoms with Crippen molar-refractivity contribution in [3.05, 3.63) is 29.8 Å². The van der Waals surface area contributed by atoms with Crippen molar-refractivity contribution in [1.29, 1.82) is 0 Å². The van der Waals surface area contributed by atoms with Crippen molar-refractivity contribution in [3.63, 3.8) is 0 Å². The van der Waals surface area contributed by atoms with E-state index in [1.165, 1.54) is 0 Å². The van der Waals surface area contributed by atoms with Gasteiger partial charge in [0.1, 0.15) is 5.60 Å². The van der Waals surface area contributed by atoms with Crippen LogP contribution in [0, 0.1) is 0 Å². The van der Waals surface area contributed by atoms with Gasteiger partial charge in [-0.15, -0.1) is 0 Å². The van der Waals surface area contributed by atoms with Gasteiger partial charge in [0.05, 0.1) is 10.5 Å². The molecule has 1 aliphatic heterocycles. The summed E-state index contributed by atoms with van der Waals surface area (Å²) in [4.78, 5) is 11.3. The number of rotatable bonds is 3. The number of carbonyl (C=O) groups excluding carboxylic acids is 1. The molecule has 1 amide bonds. The first-order chi connectivity index (χ1) is 11.8. The zero-order valence-corrected chi connectivity index (χ0v) is 15.4. The number of halogens is 3. The van der Waals surface area contributed by atoms with Gasteiger partial charge in [0, 0.05) is 19.1 Å². The number of amides is 1. The molecule has 1 N–H and O–H groups in total. The Labute approximate surface area is 150 Å². The molecule has 0 aliphatic carbocycles. The van der Waals surface area contributed by atoms with Gasteiger partial charge in [-0.1, -0.05) is 6.07 Å². The Bertz CT molecular complexity index is 772. The molecule has 2 rings (SSSR count). The highest BCUT2D eigenvalue weighted by atomic mass is 32.2. The third-order valence-corrected chi connectivity index (χ3v) is 5.53. The zero-order valence-electron chi connectivity index (χ0n) is 14.6. The summed E-state index contributed by atoms with van der Waals surface area (Å²) in [6.07, 6.45) is -4.95. The predicted octanol–water partition coefficient (Wildman–Crippen LogP) is 2.99. The third-order valence-electron chi connectivity index (χ3n) is 3.67. The molecule has 0 aromatic heterocycles. The molecule has 6 nitrogen and oxygen atoms in total. The van der Waals surface area contributed by atoms with Crippen LogP contribution in [0.4, 0.5) is 18.0 Å². The highest BCUT2D eigenvalue weighted by Gasteiger charge is 2.36. The average Bonchev–Trinajstić information content (AvgIpc) is 2.93. The van der Waals surface area contributed by atoms with Crippen molar-refractivity contribution in [2.75, 3.05) is 13.1 Å². The number of hydrogen-bond acceptors (Lipinski definition) is 4. The summed E-state index contributed by atoms with van der Waals surface area (Å²) in [5.74, 6) is 0. The Hall–Kier alpha value is -1.81. The van der Waals surface area contributed by atoms with E-state index >= 15 is 0 Å². The average molecular weight is 394 g/mol. The van der Waals surface area contributed by atoms with Crippen LogP contribution in [0.15, 0.2) is 29.2 Å². The maximum absolute atomic E-state index is 12.8. The molecule has 1 aromatic rings. The van der Waals surface area contributed by atoms with Crippen molar-refractivity contribution < 1.29 is 31.1 Å². The highest BCUT2D eigenvalue weighted by Crippen LogP contribution is 2.31. The Morgan fingerprint density at radius 2 is 1.92 bits per heavy atom. The Morgan fingerprint density at radius 1 is 1.27 bits per heavy atom. The number of ether oxygens (including phenoxy) is 1. The van der Waals surface area contributed by atoms with Crippen LogP contribution in [-0.2, 0) is 20.9 Å². The fourth-order valence-corrected chi connectivity index (χ4v) is 4.07. The summed E-state index contributed by atoms with van der Waals surface area (Å²) < 4.78 is 69.8. The monoisotopic (exact) mass is 394 g/mol. The van der Waals surface area contributed by atoms with Crippen LogP contribution in [0.1, 0.15) is 32.8 Å². The van der Waals surface area contributed by atoms with Gasteiger partial charge in [0.25, 0.3) is 0 Å². The molecule has 0 radical (unpaired) electrons. The van der Waals surface area contributed by atoms with E-state index in [-0.39, 0.29) is 13.1 Å². The van der Waals surface area contributed by atoms with E-state index in [1.807, 2.05) is 0 Å². The number of alkyl halides is 3. The largest absolute Gasteiger partial charge is 0.444 e. The van der Waals surface area contributed by atoms with Crippen LogP contribution in [0.3, 0.4) is 0 Å². The number of nitrogens with one attached hydrogen (secondary N) is 1. The lowest BCUT2D eigenvalue weighted by Crippen LogP contribution is -2.41. The summed E-state index contributed by atoms with van der Waals surface area (Å²) in [7, 11) is -4.08. The van der Waals surface area contributed by atoms with Gasteiger partial charge in [-0.25, -0.2) is 13.2 Å². The van der Waals surface area contributed by atoms with Crippen molar-refractivity contribution in [1.82, 2.24) is 9.62 Å². The SMILES string of the molecule is CC(C)(C)OC(=O)NC1CCN(S(=O)(=O)c2cccc(C(F)(F)F)c2)C1. The first kappa shape index (κ1) is 20.5. The number of benzene rings is 1. The minimum absolute atomic E-state index is 0.0299. The lowest BCUT2D eigenvalue weighted by Gasteiger charge is -2.22. The number of carbonyl (C=O) groups is 1. The molecule has 1 heterocycles. The summed E-state index contributed by atoms with van der Waals surface area (Å²) in [6.45, 7) is 5.17. The first-order valence-electron chi connectivity index (χ1n) is 7.96. The van der Waals surface area contributed by atoms with E-state index in [0.29, 0.717) is 12.5 Å². The van der Waals surface area contributed by atoms with Crippen LogP contribution in [-0.4, -0.2) is 43.5 Å². The van der Waals surface area contributed by atoms with E-state index < -0.39 is 44.4 Å². The molecule has 1 unspecified atom stereocenters. The fraction of sp³-hybridized carbons (Fsp3) is 0.562. The number of hydrogen-bond donors (Lipinski definition) is 1. The second-order valence-corrected chi connectivity index (χ2v) is 8.96. The van der Waals surface area contributed by atoms with Crippen molar-refractivity contribution >= 4 is 16.1 Å². The van der Waals surface area contributed by atoms with Crippen LogP contribution in [0.2, 0.25) is 0 Å². The maximum Gasteiger partial charge on any atom is 0.416 e. The van der Waals surface area contributed by atoms with Gasteiger partial charge in [-0.3, -0.25) is 0 Å². The number of nitrogens with zero attached hydrogens (tertiary/aromatic N) is 1. The molecule has 0 bridgehead atoms. The Kier molecular flexibility index (Phi) is 5.57. The van der Waals surface area contributed by atoms with Crippen molar-refractivity contribution in [2.24, 2.45) is 0 Å². The molecule has 1 fully saturated rings. The predicted molar refractivity (Wildman–Crippen MR) is 88.0 cm³/mol. The topological polar surface area (TPSA) is 75.7 Å². The quantitative estimate of drug-likeness (QED) is 0.855. The molecule has 10 heteroatoms. The number of alkyl carbamates (subject to hydrolysis) is 1. The molecule has 1 aliphatic rings. The van der Waals surface area contributed by atoms with Gasteiger partial charge in [-0.2, -0.15) is 17.5 Å². The van der Waals surface area contributed by atoms with E-state index in [4.69, 9.17) is 4.74 Å². The summed E-state index contributed by atoms with van der Waals surface area (Å²) in [6, 6.07) is 3.15. The molecular formula is C16H21F3N2O4S. The fourth-order valence-electron chi connectivity index (χ4n) is 2.52. The van der Waals surface area contributed by atoms with E-state index in [1.54, 1.807) is 20.8 Å². The van der Waals surface area contributed by atoms with E-state index in [0.717, 1.165) is 22.5 Å². The van der Waals surface area contributed by atoms with Crippen LogP contribution in [0.5, 0.6) is 0 Å². The Balaban J connectivity index is 2.09. The van der Waals surface area contributed by atoms with Crippen molar-refractivity contribution in [3.8, 4) is 0 Å². The van der Waals surface area contributed by atoms with Crippen LogP contribution in [0.25, 0.3) is 0 Å². The maximum atomic E-state index is 12.8. The lowest BCUT2D eigenvalue weighted by molar-refractivity contribution is -0.137. The Morgan fingerprint density at radius 3 is 2.50 bits per heavy atom. The minimum atomic E-state index is -4.63. The second-order valence-electron chi connectivity index (χ2n) is 7.02. The summed E-state index contributed by atoms with van der Waals surface area (Å²) >= 11 is 0. The second kappa shape index (κ2) is 7.07. The molecule has 26 heavy (non-hydrogen) atoms. The van der Waals surface area contributed by atoms with Gasteiger partial charge < -0.3 is 10.1 Å². The molecular weight excluding hydrogens is 373 g/mol. The normalized spacial score (nSPS) is 19.4. The standard InChI is InChI=1S/C16H21F3N2O4S/c1-15(2,3)25-14(22)20-12-7-8-21(10-12)26(23,24)13-6-4-5-11(9-13)16(17,18)19/h4-6,9,12H,7-8,10H2,1-3H3,(H,20,22). The molecule has 146 valence electrons. The van der Waals surface area contributed by atoms with Gasteiger partial charge in [0.15, 0.2) is 0 Å². The highest BCUT2D eigenvalue weighted by molar-refractivity contribution is 7.89. The summed E-state index contributed by atoms with van der Waals surface area (Å²) in [5, 5.41) is 2.58. The van der Waals surface area contributed by atoms with Crippen LogP contribution >= 0.6 is 0 Å². The van der Waals surface area contributed by atoms with E-state index in [2.05, 4.69) is 5.32 Å². The summed E-state index contributed by atoms with van der Waals surface area (Å²) in [5.41, 5.74) is -1.71. The molecule has 1 aromatic carbocycles. The van der Waals surface area contributed by atoms with Gasteiger partial charge in [0.2, 0.25) is 10.0 Å². The molecule has 1 atom stereocenters. The molecule has 0 saturated carbocycles. The van der Waals surface area contributed by atoms with Crippen molar-refractivity contribution in [2.45, 2.75) is 49.9 Å². The third kappa shape index (κ3) is 5.10. The minimum Gasteiger partial charge on any atom is -0.444 e. The van der Waals surface area contributed by atoms with E-state index in [9.17, 15) is 26.4 Å². The zero-order chi connectivity index (χ0) is 19.8. The van der Waals surface area contributed by atoms with Gasteiger partial charge >= 0.3 is 12.3 Å². The number of sulfonamides is 1. The van der Waals surface area contributed by atoms with Gasteiger partial charge in [-0.05, 0) is 45.4 Å². The van der Waals surface area contributed by atoms with Crippen LogP contribution < -0.4 is 5.32 Å². The lowest BCUT2D eigenvalue weighted by atomic mass is 10.2. The first-order valence-corrected chi connectivity index (χ1v) is 9.40. The molecule has 1 saturated heterocycles.